The number of rotatable bonds is 8. The second-order valence-corrected chi connectivity index (χ2v) is 5.19. The van der Waals surface area contributed by atoms with Crippen molar-refractivity contribution in [1.82, 2.24) is 15.6 Å². The van der Waals surface area contributed by atoms with Crippen molar-refractivity contribution in [2.75, 3.05) is 13.6 Å². The lowest BCUT2D eigenvalue weighted by atomic mass is 10.1. The largest absolute Gasteiger partial charge is 0.484 e. The number of ether oxygens (including phenoxy) is 1. The van der Waals surface area contributed by atoms with Crippen LogP contribution in [0.25, 0.3) is 0 Å². The van der Waals surface area contributed by atoms with Crippen molar-refractivity contribution >= 4 is 11.8 Å². The van der Waals surface area contributed by atoms with Crippen LogP contribution >= 0.6 is 0 Å². The molecule has 0 aliphatic rings. The van der Waals surface area contributed by atoms with Gasteiger partial charge in [-0.1, -0.05) is 18.7 Å². The molecule has 0 radical (unpaired) electrons. The van der Waals surface area contributed by atoms with Crippen molar-refractivity contribution in [3.8, 4) is 5.75 Å². The molecule has 25 heavy (non-hydrogen) atoms. The number of hydrogen-bond donors (Lipinski definition) is 3. The van der Waals surface area contributed by atoms with Gasteiger partial charge in [-0.15, -0.1) is 0 Å². The Morgan fingerprint density at radius 2 is 2.08 bits per heavy atom. The Kier molecular flexibility index (Phi) is 7.65. The summed E-state index contributed by atoms with van der Waals surface area (Å²) in [5.74, 6) is -1.08. The highest BCUT2D eigenvalue weighted by molar-refractivity contribution is 5.99. The van der Waals surface area contributed by atoms with Crippen molar-refractivity contribution in [2.24, 2.45) is 0 Å². The topological polar surface area (TPSA) is 83.2 Å². The summed E-state index contributed by atoms with van der Waals surface area (Å²) in [6, 6.07) is 1.47. The minimum atomic E-state index is -0.572. The second kappa shape index (κ2) is 9.46. The average Bonchev–Trinajstić information content (AvgIpc) is 2.98. The number of amides is 2. The molecule has 6 nitrogen and oxygen atoms in total. The first-order valence-corrected chi connectivity index (χ1v) is 7.92. The number of nitrogens with one attached hydrogen (secondary N) is 3. The van der Waals surface area contributed by atoms with Crippen molar-refractivity contribution in [1.29, 1.82) is 0 Å². The Morgan fingerprint density at radius 3 is 2.60 bits per heavy atom. The first kappa shape index (κ1) is 20.2. The summed E-state index contributed by atoms with van der Waals surface area (Å²) >= 11 is 0. The van der Waals surface area contributed by atoms with Gasteiger partial charge in [-0.2, -0.15) is 0 Å². The summed E-state index contributed by atoms with van der Waals surface area (Å²) in [5.41, 5.74) is 1.06. The smallest absolute Gasteiger partial charge is 0.271 e. The van der Waals surface area contributed by atoms with Gasteiger partial charge in [0.15, 0.2) is 5.75 Å². The molecule has 0 aliphatic heterocycles. The van der Waals surface area contributed by atoms with Crippen LogP contribution in [0.2, 0.25) is 0 Å². The van der Waals surface area contributed by atoms with E-state index in [1.54, 1.807) is 32.9 Å². The van der Waals surface area contributed by atoms with Crippen LogP contribution < -0.4 is 15.4 Å². The molecule has 136 valence electrons. The maximum Gasteiger partial charge on any atom is 0.271 e. The first-order valence-electron chi connectivity index (χ1n) is 7.92. The fourth-order valence-electron chi connectivity index (χ4n) is 2.11. The number of H-pyrrole nitrogens is 1. The number of aromatic nitrogens is 1. The third-order valence-electron chi connectivity index (χ3n) is 3.38. The molecule has 0 aliphatic carbocycles. The zero-order chi connectivity index (χ0) is 19.0. The lowest BCUT2D eigenvalue weighted by molar-refractivity contribution is 0.0951. The summed E-state index contributed by atoms with van der Waals surface area (Å²) in [5, 5.41) is 5.14. The van der Waals surface area contributed by atoms with Crippen LogP contribution in [-0.4, -0.2) is 36.5 Å². The Morgan fingerprint density at radius 1 is 1.40 bits per heavy atom. The van der Waals surface area contributed by atoms with E-state index in [4.69, 9.17) is 4.74 Å². The average molecular weight is 349 g/mol. The maximum absolute atomic E-state index is 12.8. The Balaban J connectivity index is 3.11. The van der Waals surface area contributed by atoms with Crippen molar-refractivity contribution in [2.45, 2.75) is 26.9 Å². The van der Waals surface area contributed by atoms with Gasteiger partial charge in [0.2, 0.25) is 0 Å². The van der Waals surface area contributed by atoms with E-state index >= 15 is 0 Å². The third-order valence-corrected chi connectivity index (χ3v) is 3.38. The van der Waals surface area contributed by atoms with Crippen molar-refractivity contribution in [3.63, 3.8) is 0 Å². The van der Waals surface area contributed by atoms with Gasteiger partial charge >= 0.3 is 0 Å². The number of halogens is 1. The molecule has 1 unspecified atom stereocenters. The van der Waals surface area contributed by atoms with Crippen LogP contribution in [0.4, 0.5) is 4.39 Å². The highest BCUT2D eigenvalue weighted by Gasteiger charge is 2.21. The summed E-state index contributed by atoms with van der Waals surface area (Å²) in [7, 11) is 1.48. The SMILES string of the molecule is C=C(F)/C=C\C(=C/C)C(C)Oc1cc(C(=O)NCC)[nH]c1C(=O)NC. The molecular formula is C18H24FN3O3. The molecule has 0 saturated carbocycles. The Labute approximate surface area is 146 Å². The molecule has 1 rings (SSSR count). The van der Waals surface area contributed by atoms with E-state index in [0.717, 1.165) is 0 Å². The van der Waals surface area contributed by atoms with Gasteiger partial charge in [-0.05, 0) is 32.4 Å². The van der Waals surface area contributed by atoms with E-state index < -0.39 is 17.8 Å². The number of allylic oxidation sites excluding steroid dienone is 3. The lowest BCUT2D eigenvalue weighted by Crippen LogP contribution is -2.24. The quantitative estimate of drug-likeness (QED) is 0.631. The molecule has 1 aromatic rings. The summed E-state index contributed by atoms with van der Waals surface area (Å²) in [4.78, 5) is 26.8. The highest BCUT2D eigenvalue weighted by atomic mass is 19.1. The molecule has 0 bridgehead atoms. The zero-order valence-electron chi connectivity index (χ0n) is 14.9. The summed E-state index contributed by atoms with van der Waals surface area (Å²) in [6.07, 6.45) is 4.07. The zero-order valence-corrected chi connectivity index (χ0v) is 14.9. The van der Waals surface area contributed by atoms with Crippen LogP contribution in [0.1, 0.15) is 41.7 Å². The summed E-state index contributed by atoms with van der Waals surface area (Å²) < 4.78 is 18.6. The normalized spacial score (nSPS) is 12.8. The van der Waals surface area contributed by atoms with Gasteiger partial charge in [-0.25, -0.2) is 4.39 Å². The Bertz CT molecular complexity index is 704. The van der Waals surface area contributed by atoms with Gasteiger partial charge in [0.1, 0.15) is 23.3 Å². The Hall–Kier alpha value is -2.83. The van der Waals surface area contributed by atoms with Crippen molar-refractivity contribution in [3.05, 3.63) is 53.7 Å². The second-order valence-electron chi connectivity index (χ2n) is 5.19. The molecular weight excluding hydrogens is 325 g/mol. The lowest BCUT2D eigenvalue weighted by Gasteiger charge is -2.15. The van der Waals surface area contributed by atoms with E-state index in [0.29, 0.717) is 12.1 Å². The molecule has 7 heteroatoms. The predicted octanol–water partition coefficient (Wildman–Crippen LogP) is 2.88. The molecule has 0 aromatic carbocycles. The van der Waals surface area contributed by atoms with Crippen LogP contribution in [-0.2, 0) is 0 Å². The molecule has 0 fully saturated rings. The fraction of sp³-hybridized carbons (Fsp3) is 0.333. The molecule has 0 spiro atoms. The number of carbonyl (C=O) groups excluding carboxylic acids is 2. The molecule has 1 atom stereocenters. The highest BCUT2D eigenvalue weighted by Crippen LogP contribution is 2.24. The molecule has 1 heterocycles. The number of hydrogen-bond acceptors (Lipinski definition) is 3. The molecule has 2 amide bonds. The minimum absolute atomic E-state index is 0.143. The summed E-state index contributed by atoms with van der Waals surface area (Å²) in [6.45, 7) is 8.97. The van der Waals surface area contributed by atoms with Gasteiger partial charge < -0.3 is 20.4 Å². The number of carbonyl (C=O) groups is 2. The molecule has 1 aromatic heterocycles. The van der Waals surface area contributed by atoms with Crippen LogP contribution in [0.5, 0.6) is 5.75 Å². The van der Waals surface area contributed by atoms with Gasteiger partial charge in [0, 0.05) is 19.7 Å². The van der Waals surface area contributed by atoms with Gasteiger partial charge in [-0.3, -0.25) is 9.59 Å². The van der Waals surface area contributed by atoms with E-state index in [9.17, 15) is 14.0 Å². The van der Waals surface area contributed by atoms with E-state index in [2.05, 4.69) is 22.2 Å². The molecule has 0 saturated heterocycles. The first-order chi connectivity index (χ1) is 11.8. The third kappa shape index (κ3) is 5.63. The van der Waals surface area contributed by atoms with Gasteiger partial charge in [0.05, 0.1) is 0 Å². The van der Waals surface area contributed by atoms with E-state index in [1.165, 1.54) is 19.2 Å². The van der Waals surface area contributed by atoms with Crippen LogP contribution in [0.3, 0.4) is 0 Å². The fourth-order valence-corrected chi connectivity index (χ4v) is 2.11. The monoisotopic (exact) mass is 349 g/mol. The minimum Gasteiger partial charge on any atom is -0.484 e. The van der Waals surface area contributed by atoms with Crippen LogP contribution in [0, 0.1) is 0 Å². The molecule has 3 N–H and O–H groups in total. The maximum atomic E-state index is 12.8. The van der Waals surface area contributed by atoms with Crippen LogP contribution in [0.15, 0.2) is 42.3 Å². The number of aromatic amines is 1. The standard InChI is InChI=1S/C18H24FN3O3/c1-6-13(9-8-11(3)19)12(4)25-15-10-14(17(23)21-7-2)22-16(15)18(24)20-5/h6,8-10,12,22H,3,7H2,1-2,4-5H3,(H,20,24)(H,21,23)/b9-8-,13-6+. The van der Waals surface area contributed by atoms with E-state index in [1.807, 2.05) is 0 Å². The van der Waals surface area contributed by atoms with Crippen molar-refractivity contribution < 1.29 is 18.7 Å². The van der Waals surface area contributed by atoms with Gasteiger partial charge in [0.25, 0.3) is 11.8 Å². The predicted molar refractivity (Wildman–Crippen MR) is 95.4 cm³/mol. The van der Waals surface area contributed by atoms with E-state index in [-0.39, 0.29) is 23.0 Å².